The lowest BCUT2D eigenvalue weighted by Gasteiger charge is -2.36. The topological polar surface area (TPSA) is 43.4 Å². The molecule has 21 heavy (non-hydrogen) atoms. The molecule has 2 atom stereocenters. The first-order valence-corrected chi connectivity index (χ1v) is 8.10. The number of hydrogen-bond acceptors (Lipinski definition) is 3. The van der Waals surface area contributed by atoms with E-state index in [4.69, 9.17) is 4.74 Å². The second-order valence-electron chi connectivity index (χ2n) is 5.61. The monoisotopic (exact) mass is 322 g/mol. The molecule has 1 aromatic rings. The van der Waals surface area contributed by atoms with E-state index in [1.807, 2.05) is 6.92 Å². The van der Waals surface area contributed by atoms with Crippen molar-refractivity contribution in [2.24, 2.45) is 5.92 Å². The molecule has 0 aromatic heterocycles. The van der Waals surface area contributed by atoms with Gasteiger partial charge in [0.05, 0.1) is 10.5 Å². The van der Waals surface area contributed by atoms with Gasteiger partial charge in [0.1, 0.15) is 0 Å². The van der Waals surface area contributed by atoms with E-state index in [1.165, 1.54) is 13.0 Å². The molecule has 7 heteroatoms. The molecule has 0 radical (unpaired) electrons. The Bertz CT molecular complexity index is 625. The van der Waals surface area contributed by atoms with Crippen molar-refractivity contribution >= 4 is 9.84 Å². The van der Waals surface area contributed by atoms with Crippen molar-refractivity contribution in [3.05, 3.63) is 29.8 Å². The summed E-state index contributed by atoms with van der Waals surface area (Å²) in [6.07, 6.45) is -3.56. The maximum atomic E-state index is 12.7. The standard InChI is InChI=1S/C14H17F3O3S/c1-10-6-7-20-13(2,9-10)21(18,19)12-5-3-4-11(8-12)14(15,16)17/h3-5,8,10H,6-7,9H2,1-2H3. The lowest BCUT2D eigenvalue weighted by molar-refractivity contribution is -0.137. The second-order valence-corrected chi connectivity index (χ2v) is 7.95. The van der Waals surface area contributed by atoms with E-state index in [0.29, 0.717) is 6.07 Å². The molecule has 0 amide bonds. The minimum Gasteiger partial charge on any atom is -0.359 e. The summed E-state index contributed by atoms with van der Waals surface area (Å²) in [4.78, 5) is -1.83. The Balaban J connectivity index is 2.45. The molecule has 1 saturated heterocycles. The largest absolute Gasteiger partial charge is 0.416 e. The fourth-order valence-corrected chi connectivity index (χ4v) is 4.33. The van der Waals surface area contributed by atoms with E-state index < -0.39 is 26.5 Å². The molecule has 2 unspecified atom stereocenters. The summed E-state index contributed by atoms with van der Waals surface area (Å²) >= 11 is 0. The highest BCUT2D eigenvalue weighted by Crippen LogP contribution is 2.38. The fraction of sp³-hybridized carbons (Fsp3) is 0.571. The van der Waals surface area contributed by atoms with Crippen LogP contribution in [0.15, 0.2) is 29.2 Å². The molecule has 1 aromatic carbocycles. The molecule has 1 aliphatic heterocycles. The van der Waals surface area contributed by atoms with E-state index >= 15 is 0 Å². The SMILES string of the molecule is CC1CCOC(C)(S(=O)(=O)c2cccc(C(F)(F)F)c2)C1. The Hall–Kier alpha value is -1.08. The molecule has 1 fully saturated rings. The van der Waals surface area contributed by atoms with Gasteiger partial charge in [-0.1, -0.05) is 13.0 Å². The van der Waals surface area contributed by atoms with Gasteiger partial charge in [0.2, 0.25) is 9.84 Å². The Morgan fingerprint density at radius 1 is 1.33 bits per heavy atom. The zero-order chi connectivity index (χ0) is 15.9. The number of hydrogen-bond donors (Lipinski definition) is 0. The van der Waals surface area contributed by atoms with Crippen LogP contribution in [0, 0.1) is 5.92 Å². The predicted octanol–water partition coefficient (Wildman–Crippen LogP) is 3.64. The van der Waals surface area contributed by atoms with Crippen LogP contribution in [0.1, 0.15) is 32.3 Å². The van der Waals surface area contributed by atoms with Crippen molar-refractivity contribution in [3.8, 4) is 0 Å². The maximum absolute atomic E-state index is 12.7. The highest BCUT2D eigenvalue weighted by Gasteiger charge is 2.45. The summed E-state index contributed by atoms with van der Waals surface area (Å²) in [6, 6.07) is 3.80. The normalized spacial score (nSPS) is 27.6. The Kier molecular flexibility index (Phi) is 4.10. The molecule has 2 rings (SSSR count). The Labute approximate surface area is 122 Å². The van der Waals surface area contributed by atoms with Gasteiger partial charge in [0.25, 0.3) is 0 Å². The summed E-state index contributed by atoms with van der Waals surface area (Å²) in [5.74, 6) is 0.143. The third kappa shape index (κ3) is 3.08. The lowest BCUT2D eigenvalue weighted by atomic mass is 9.98. The molecule has 0 N–H and O–H groups in total. The third-order valence-corrected chi connectivity index (χ3v) is 6.07. The van der Waals surface area contributed by atoms with Crippen molar-refractivity contribution in [3.63, 3.8) is 0 Å². The number of halogens is 3. The van der Waals surface area contributed by atoms with Gasteiger partial charge < -0.3 is 4.74 Å². The van der Waals surface area contributed by atoms with Gasteiger partial charge in [-0.2, -0.15) is 13.2 Å². The summed E-state index contributed by atoms with van der Waals surface area (Å²) in [5.41, 5.74) is -0.976. The fourth-order valence-electron chi connectivity index (χ4n) is 2.55. The van der Waals surface area contributed by atoms with Crippen LogP contribution in [0.2, 0.25) is 0 Å². The predicted molar refractivity (Wildman–Crippen MR) is 71.4 cm³/mol. The summed E-state index contributed by atoms with van der Waals surface area (Å²) in [6.45, 7) is 3.62. The van der Waals surface area contributed by atoms with E-state index in [9.17, 15) is 21.6 Å². The first-order valence-electron chi connectivity index (χ1n) is 6.62. The molecule has 0 bridgehead atoms. The van der Waals surface area contributed by atoms with E-state index in [2.05, 4.69) is 0 Å². The van der Waals surface area contributed by atoms with Crippen LogP contribution >= 0.6 is 0 Å². The van der Waals surface area contributed by atoms with Crippen molar-refractivity contribution < 1.29 is 26.3 Å². The number of alkyl halides is 3. The molecule has 0 aliphatic carbocycles. The van der Waals surface area contributed by atoms with E-state index in [-0.39, 0.29) is 23.8 Å². The summed E-state index contributed by atoms with van der Waals surface area (Å²) < 4.78 is 68.9. The molecule has 0 spiro atoms. The van der Waals surface area contributed by atoms with Gasteiger partial charge >= 0.3 is 6.18 Å². The smallest absolute Gasteiger partial charge is 0.359 e. The quantitative estimate of drug-likeness (QED) is 0.835. The van der Waals surface area contributed by atoms with E-state index in [0.717, 1.165) is 18.6 Å². The lowest BCUT2D eigenvalue weighted by Crippen LogP contribution is -2.43. The summed E-state index contributed by atoms with van der Waals surface area (Å²) in [5, 5.41) is 0. The van der Waals surface area contributed by atoms with Crippen LogP contribution in [0.4, 0.5) is 13.2 Å². The minimum atomic E-state index is -4.58. The first kappa shape index (κ1) is 16.3. The second kappa shape index (κ2) is 5.28. The van der Waals surface area contributed by atoms with Crippen molar-refractivity contribution in [1.29, 1.82) is 0 Å². The van der Waals surface area contributed by atoms with Crippen LogP contribution in [0.3, 0.4) is 0 Å². The van der Waals surface area contributed by atoms with Gasteiger partial charge in [-0.05, 0) is 43.9 Å². The number of benzene rings is 1. The first-order chi connectivity index (χ1) is 9.56. The van der Waals surface area contributed by atoms with Crippen LogP contribution in [0.25, 0.3) is 0 Å². The van der Waals surface area contributed by atoms with E-state index in [1.54, 1.807) is 0 Å². The van der Waals surface area contributed by atoms with Gasteiger partial charge in [0.15, 0.2) is 4.93 Å². The van der Waals surface area contributed by atoms with Crippen LogP contribution < -0.4 is 0 Å². The molecule has 1 aliphatic rings. The number of rotatable bonds is 2. The molecule has 1 heterocycles. The number of sulfone groups is 1. The average molecular weight is 322 g/mol. The van der Waals surface area contributed by atoms with Crippen molar-refractivity contribution in [1.82, 2.24) is 0 Å². The highest BCUT2D eigenvalue weighted by molar-refractivity contribution is 7.92. The third-order valence-electron chi connectivity index (χ3n) is 3.78. The van der Waals surface area contributed by atoms with Gasteiger partial charge in [0, 0.05) is 6.61 Å². The van der Waals surface area contributed by atoms with Gasteiger partial charge in [-0.15, -0.1) is 0 Å². The average Bonchev–Trinajstić information content (AvgIpc) is 2.37. The van der Waals surface area contributed by atoms with Crippen molar-refractivity contribution in [2.75, 3.05) is 6.61 Å². The molecule has 0 saturated carbocycles. The maximum Gasteiger partial charge on any atom is 0.416 e. The number of ether oxygens (including phenoxy) is 1. The highest BCUT2D eigenvalue weighted by atomic mass is 32.2. The Morgan fingerprint density at radius 2 is 2.00 bits per heavy atom. The van der Waals surface area contributed by atoms with Gasteiger partial charge in [-0.3, -0.25) is 0 Å². The summed E-state index contributed by atoms with van der Waals surface area (Å²) in [7, 11) is -4.00. The van der Waals surface area contributed by atoms with Crippen LogP contribution in [0.5, 0.6) is 0 Å². The minimum absolute atomic E-state index is 0.143. The molecule has 3 nitrogen and oxygen atoms in total. The van der Waals surface area contributed by atoms with Crippen LogP contribution in [-0.4, -0.2) is 20.0 Å². The molecular formula is C14H17F3O3S. The van der Waals surface area contributed by atoms with Crippen molar-refractivity contribution in [2.45, 2.75) is 42.7 Å². The van der Waals surface area contributed by atoms with Gasteiger partial charge in [-0.25, -0.2) is 8.42 Å². The molecule has 118 valence electrons. The van der Waals surface area contributed by atoms with Crippen LogP contribution in [-0.2, 0) is 20.8 Å². The zero-order valence-corrected chi connectivity index (χ0v) is 12.6. The zero-order valence-electron chi connectivity index (χ0n) is 11.8. The Morgan fingerprint density at radius 3 is 2.57 bits per heavy atom. The molecular weight excluding hydrogens is 305 g/mol.